The topological polar surface area (TPSA) is 85.3 Å². The van der Waals surface area contributed by atoms with Gasteiger partial charge in [0, 0.05) is 77.3 Å². The predicted octanol–water partition coefficient (Wildman–Crippen LogP) is 19.5. The number of benzene rings is 9. The van der Waals surface area contributed by atoms with Crippen LogP contribution in [0.4, 0.5) is 34.1 Å². The van der Waals surface area contributed by atoms with Gasteiger partial charge in [-0.2, -0.15) is 0 Å². The Morgan fingerprint density at radius 3 is 0.976 bits per heavy atom. The SMILES string of the molecule is CC(C)(C)c1ccc2oc3c(c2c1)N(c1cc(-c2cc4ccccc4o2)cc(-c2cc4ccccc4o2)c1)c1cccc2c1B3c1oc3ccc(C(C)(C)C)cc3c1N2c1cc(-c2cc3ccccc3o2)cc(-c2cc3ccccc3o2)c1. The van der Waals surface area contributed by atoms with E-state index < -0.39 is 6.71 Å². The first-order valence-electron chi connectivity index (χ1n) is 28.5. The van der Waals surface area contributed by atoms with Gasteiger partial charge in [0.25, 0.3) is 0 Å². The van der Waals surface area contributed by atoms with Gasteiger partial charge in [0.1, 0.15) is 67.9 Å². The first kappa shape index (κ1) is 47.7. The minimum atomic E-state index is -0.462. The fourth-order valence-corrected chi connectivity index (χ4v) is 12.9. The van der Waals surface area contributed by atoms with Crippen LogP contribution in [0.5, 0.6) is 0 Å². The lowest BCUT2D eigenvalue weighted by molar-refractivity contribution is 0.590. The molecule has 0 spiro atoms. The zero-order valence-corrected chi connectivity index (χ0v) is 46.6. The maximum absolute atomic E-state index is 7.47. The van der Waals surface area contributed by atoms with Gasteiger partial charge in [-0.3, -0.25) is 0 Å². The number of para-hydroxylation sites is 4. The molecule has 8 heterocycles. The summed E-state index contributed by atoms with van der Waals surface area (Å²) in [6, 6.07) is 74.7. The summed E-state index contributed by atoms with van der Waals surface area (Å²) in [5, 5.41) is 6.12. The Kier molecular flexibility index (Phi) is 9.88. The molecule has 0 saturated heterocycles. The smallest absolute Gasteiger partial charge is 0.342 e. The van der Waals surface area contributed by atoms with Gasteiger partial charge >= 0.3 is 6.71 Å². The van der Waals surface area contributed by atoms with Gasteiger partial charge in [-0.1, -0.05) is 133 Å². The van der Waals surface area contributed by atoms with Gasteiger partial charge in [-0.05, 0) is 149 Å². The molecule has 0 saturated carbocycles. The van der Waals surface area contributed by atoms with Gasteiger partial charge in [0.2, 0.25) is 0 Å². The van der Waals surface area contributed by atoms with Crippen LogP contribution in [0.1, 0.15) is 52.7 Å². The monoisotopic (exact) mass is 1080 g/mol. The molecule has 15 aromatic rings. The fraction of sp³-hybridized carbons (Fsp3) is 0.108. The van der Waals surface area contributed by atoms with E-state index in [2.05, 4.69) is 191 Å². The van der Waals surface area contributed by atoms with Gasteiger partial charge < -0.3 is 36.3 Å². The minimum absolute atomic E-state index is 0.154. The molecular weight excluding hydrogens is 1020 g/mol. The van der Waals surface area contributed by atoms with Crippen molar-refractivity contribution in [1.29, 1.82) is 0 Å². The molecule has 8 nitrogen and oxygen atoms in total. The lowest BCUT2D eigenvalue weighted by atomic mass is 9.37. The second-order valence-electron chi connectivity index (χ2n) is 24.5. The normalized spacial score (nSPS) is 13.3. The zero-order valence-electron chi connectivity index (χ0n) is 46.6. The molecule has 0 radical (unpaired) electrons. The van der Waals surface area contributed by atoms with Crippen LogP contribution in [-0.4, -0.2) is 6.71 Å². The van der Waals surface area contributed by atoms with Crippen molar-refractivity contribution in [2.24, 2.45) is 0 Å². The Morgan fingerprint density at radius 1 is 0.313 bits per heavy atom. The number of anilines is 6. The van der Waals surface area contributed by atoms with Crippen LogP contribution in [0.15, 0.2) is 239 Å². The molecule has 0 unspecified atom stereocenters. The van der Waals surface area contributed by atoms with E-state index in [9.17, 15) is 0 Å². The molecule has 0 amide bonds. The van der Waals surface area contributed by atoms with Crippen LogP contribution in [0.3, 0.4) is 0 Å². The third kappa shape index (κ3) is 7.40. The van der Waals surface area contributed by atoms with Crippen molar-refractivity contribution < 1.29 is 26.5 Å². The molecule has 0 fully saturated rings. The highest BCUT2D eigenvalue weighted by atomic mass is 16.4. The van der Waals surface area contributed by atoms with Crippen molar-refractivity contribution in [3.63, 3.8) is 0 Å². The van der Waals surface area contributed by atoms with Crippen LogP contribution >= 0.6 is 0 Å². The van der Waals surface area contributed by atoms with E-state index >= 15 is 0 Å². The van der Waals surface area contributed by atoms with Gasteiger partial charge in [0.05, 0.1) is 11.4 Å². The predicted molar refractivity (Wildman–Crippen MR) is 338 cm³/mol. The molecule has 9 heteroatoms. The van der Waals surface area contributed by atoms with E-state index in [1.54, 1.807) is 0 Å². The Morgan fingerprint density at radius 2 is 0.651 bits per heavy atom. The number of hydrogen-bond acceptors (Lipinski definition) is 8. The molecule has 9 aromatic carbocycles. The first-order valence-corrected chi connectivity index (χ1v) is 28.5. The van der Waals surface area contributed by atoms with Crippen molar-refractivity contribution in [2.75, 3.05) is 9.80 Å². The third-order valence-electron chi connectivity index (χ3n) is 17.1. The summed E-state index contributed by atoms with van der Waals surface area (Å²) in [6.45, 7) is 13.1. The Labute approximate surface area is 478 Å². The van der Waals surface area contributed by atoms with Crippen LogP contribution in [-0.2, 0) is 10.8 Å². The van der Waals surface area contributed by atoms with Crippen LogP contribution in [0.2, 0.25) is 0 Å². The van der Waals surface area contributed by atoms with Crippen LogP contribution in [0, 0.1) is 0 Å². The zero-order chi connectivity index (χ0) is 55.6. The second-order valence-corrected chi connectivity index (χ2v) is 24.5. The van der Waals surface area contributed by atoms with Crippen molar-refractivity contribution in [3.05, 3.63) is 223 Å². The van der Waals surface area contributed by atoms with Crippen molar-refractivity contribution >= 4 is 123 Å². The van der Waals surface area contributed by atoms with Crippen molar-refractivity contribution in [1.82, 2.24) is 0 Å². The van der Waals surface area contributed by atoms with Crippen LogP contribution in [0.25, 0.3) is 111 Å². The molecular formula is C74H53BN2O6. The molecule has 0 aliphatic carbocycles. The molecule has 398 valence electrons. The van der Waals surface area contributed by atoms with Gasteiger partial charge in [-0.15, -0.1) is 0 Å². The van der Waals surface area contributed by atoms with Crippen molar-refractivity contribution in [3.8, 4) is 45.3 Å². The van der Waals surface area contributed by atoms with E-state index in [1.165, 1.54) is 11.1 Å². The number of hydrogen-bond donors (Lipinski definition) is 0. The number of rotatable bonds is 6. The third-order valence-corrected chi connectivity index (χ3v) is 17.1. The van der Waals surface area contributed by atoms with Gasteiger partial charge in [0.15, 0.2) is 0 Å². The Hall–Kier alpha value is -10.1. The Bertz CT molecular complexity index is 4540. The average Bonchev–Trinajstić information content (AvgIpc) is 3.70. The highest BCUT2D eigenvalue weighted by molar-refractivity contribution is 6.99. The summed E-state index contributed by atoms with van der Waals surface area (Å²) in [5.41, 5.74) is 18.9. The summed E-state index contributed by atoms with van der Waals surface area (Å²) in [7, 11) is 0. The van der Waals surface area contributed by atoms with Gasteiger partial charge in [-0.25, -0.2) is 0 Å². The molecule has 2 aliphatic heterocycles. The van der Waals surface area contributed by atoms with E-state index in [0.717, 1.165) is 162 Å². The average molecular weight is 1080 g/mol. The molecule has 0 N–H and O–H groups in total. The quantitative estimate of drug-likeness (QED) is 0.152. The fourth-order valence-electron chi connectivity index (χ4n) is 12.9. The molecule has 17 rings (SSSR count). The lowest BCUT2D eigenvalue weighted by Crippen LogP contribution is -2.60. The van der Waals surface area contributed by atoms with Crippen LogP contribution < -0.4 is 26.6 Å². The van der Waals surface area contributed by atoms with Crippen molar-refractivity contribution in [2.45, 2.75) is 52.4 Å². The van der Waals surface area contributed by atoms with E-state index in [1.807, 2.05) is 72.8 Å². The summed E-state index contributed by atoms with van der Waals surface area (Å²) in [6.07, 6.45) is 0. The molecule has 0 bridgehead atoms. The van der Waals surface area contributed by atoms with E-state index in [4.69, 9.17) is 26.5 Å². The number of fused-ring (bicyclic) bond motifs is 12. The summed E-state index contributed by atoms with van der Waals surface area (Å²) in [5.74, 6) is 3.00. The minimum Gasteiger partial charge on any atom is -0.468 e. The summed E-state index contributed by atoms with van der Waals surface area (Å²) >= 11 is 0. The first-order chi connectivity index (χ1) is 40.3. The number of nitrogens with zero attached hydrogens (tertiary/aromatic N) is 2. The second kappa shape index (κ2) is 17.2. The Balaban J connectivity index is 0.971. The van der Waals surface area contributed by atoms with E-state index in [-0.39, 0.29) is 10.8 Å². The lowest BCUT2D eigenvalue weighted by Gasteiger charge is -2.40. The highest BCUT2D eigenvalue weighted by Crippen LogP contribution is 2.52. The standard InChI is InChI=1S/C74H53BN2O6/c1-73(2,3)50-26-28-62-54(40-50)69-71(82-62)75-68-56(76(69)52-32-46(64-36-42-16-7-11-22-58(42)78-64)30-47(33-52)65-37-43-17-8-12-23-59(43)79-65)20-15-21-57(68)77(70-55-41-51(74(4,5)6)27-29-63(55)83-72(70)75)53-34-48(66-38-44-18-9-13-24-60(44)80-66)31-49(35-53)67-39-45-19-10-14-25-61(45)81-67/h7-41H,1-6H3. The number of furan rings is 6. The molecule has 6 aromatic heterocycles. The summed E-state index contributed by atoms with van der Waals surface area (Å²) < 4.78 is 41.9. The molecule has 83 heavy (non-hydrogen) atoms. The molecule has 2 aliphatic rings. The summed E-state index contributed by atoms with van der Waals surface area (Å²) in [4.78, 5) is 4.82. The largest absolute Gasteiger partial charge is 0.468 e. The highest BCUT2D eigenvalue weighted by Gasteiger charge is 2.50. The molecule has 0 atom stereocenters. The maximum Gasteiger partial charge on any atom is 0.342 e. The maximum atomic E-state index is 7.47. The van der Waals surface area contributed by atoms with E-state index in [0.29, 0.717) is 0 Å².